The van der Waals surface area contributed by atoms with E-state index in [0.717, 1.165) is 0 Å². The normalized spacial score (nSPS) is 11.5. The maximum absolute atomic E-state index is 13.5. The topological polar surface area (TPSA) is 95.9 Å². The molecule has 2 N–H and O–H groups in total. The van der Waals surface area contributed by atoms with E-state index in [1.807, 2.05) is 0 Å². The lowest BCUT2D eigenvalue weighted by Gasteiger charge is -2.21. The lowest BCUT2D eigenvalue weighted by Crippen LogP contribution is -2.36. The number of carbonyl (C=O) groups is 1. The zero-order valence-electron chi connectivity index (χ0n) is 15.5. The molecule has 0 bridgehead atoms. The third-order valence-electron chi connectivity index (χ3n) is 3.96. The van der Waals surface area contributed by atoms with Gasteiger partial charge in [0, 0.05) is 31.7 Å². The maximum Gasteiger partial charge on any atom is 0.341 e. The van der Waals surface area contributed by atoms with Gasteiger partial charge in [-0.05, 0) is 30.3 Å². The second-order valence-corrected chi connectivity index (χ2v) is 7.86. The molecule has 0 aromatic heterocycles. The summed E-state index contributed by atoms with van der Waals surface area (Å²) >= 11 is 0. The van der Waals surface area contributed by atoms with Crippen molar-refractivity contribution < 1.29 is 27.4 Å². The van der Waals surface area contributed by atoms with Crippen LogP contribution in [-0.4, -0.2) is 50.0 Å². The Hall–Kier alpha value is -2.49. The summed E-state index contributed by atoms with van der Waals surface area (Å²) in [6.45, 7) is 2.30. The minimum absolute atomic E-state index is 0.204. The van der Waals surface area contributed by atoms with Crippen molar-refractivity contribution in [3.8, 4) is 5.75 Å². The van der Waals surface area contributed by atoms with E-state index in [1.54, 1.807) is 37.3 Å². The molecule has 9 heteroatoms. The standard InChI is InChI=1S/C19H23FN2O5S/c1-2-22(28(25,26)17-6-4-3-5-7-17)11-10-21-13-15-12-16(20)8-9-18(15)27-14-19(23)24/h3-9,12,21H,2,10-11,13-14H2,1H3,(H,23,24). The average molecular weight is 410 g/mol. The molecule has 0 spiro atoms. The summed E-state index contributed by atoms with van der Waals surface area (Å²) in [5.74, 6) is -1.34. The molecule has 0 aliphatic rings. The Morgan fingerprint density at radius 3 is 2.57 bits per heavy atom. The van der Waals surface area contributed by atoms with Gasteiger partial charge in [-0.1, -0.05) is 25.1 Å². The fourth-order valence-corrected chi connectivity index (χ4v) is 4.05. The molecule has 0 aliphatic heterocycles. The van der Waals surface area contributed by atoms with Crippen molar-refractivity contribution in [3.63, 3.8) is 0 Å². The molecule has 28 heavy (non-hydrogen) atoms. The Balaban J connectivity index is 1.96. The monoisotopic (exact) mass is 410 g/mol. The van der Waals surface area contributed by atoms with Crippen LogP contribution in [0.1, 0.15) is 12.5 Å². The van der Waals surface area contributed by atoms with Gasteiger partial charge in [0.05, 0.1) is 4.90 Å². The molecular weight excluding hydrogens is 387 g/mol. The highest BCUT2D eigenvalue weighted by Crippen LogP contribution is 2.20. The van der Waals surface area contributed by atoms with Crippen molar-refractivity contribution in [2.24, 2.45) is 0 Å². The minimum Gasteiger partial charge on any atom is -0.482 e. The fourth-order valence-electron chi connectivity index (χ4n) is 2.58. The first-order valence-electron chi connectivity index (χ1n) is 8.73. The van der Waals surface area contributed by atoms with Crippen molar-refractivity contribution in [1.29, 1.82) is 0 Å². The van der Waals surface area contributed by atoms with Crippen LogP contribution in [0.2, 0.25) is 0 Å². The number of rotatable bonds is 11. The second-order valence-electron chi connectivity index (χ2n) is 5.92. The highest BCUT2D eigenvalue weighted by atomic mass is 32.2. The lowest BCUT2D eigenvalue weighted by molar-refractivity contribution is -0.139. The number of carboxylic acid groups (broad SMARTS) is 1. The van der Waals surface area contributed by atoms with Crippen LogP contribution in [0.4, 0.5) is 4.39 Å². The van der Waals surface area contributed by atoms with Crippen molar-refractivity contribution >= 4 is 16.0 Å². The van der Waals surface area contributed by atoms with Gasteiger partial charge >= 0.3 is 5.97 Å². The number of nitrogens with one attached hydrogen (secondary N) is 1. The maximum atomic E-state index is 13.5. The van der Waals surface area contributed by atoms with E-state index < -0.39 is 28.4 Å². The average Bonchev–Trinajstić information content (AvgIpc) is 2.67. The van der Waals surface area contributed by atoms with Gasteiger partial charge in [0.25, 0.3) is 0 Å². The number of nitrogens with zero attached hydrogens (tertiary/aromatic N) is 1. The van der Waals surface area contributed by atoms with Gasteiger partial charge in [0.15, 0.2) is 6.61 Å². The minimum atomic E-state index is -3.59. The summed E-state index contributed by atoms with van der Waals surface area (Å²) in [4.78, 5) is 10.9. The quantitative estimate of drug-likeness (QED) is 0.551. The van der Waals surface area contributed by atoms with E-state index >= 15 is 0 Å². The van der Waals surface area contributed by atoms with Gasteiger partial charge < -0.3 is 15.2 Å². The van der Waals surface area contributed by atoms with Crippen LogP contribution >= 0.6 is 0 Å². The summed E-state index contributed by atoms with van der Waals surface area (Å²) in [5, 5.41) is 11.8. The van der Waals surface area contributed by atoms with Crippen molar-refractivity contribution in [2.45, 2.75) is 18.4 Å². The van der Waals surface area contributed by atoms with E-state index in [4.69, 9.17) is 9.84 Å². The van der Waals surface area contributed by atoms with Gasteiger partial charge in [0.2, 0.25) is 10.0 Å². The number of hydrogen-bond acceptors (Lipinski definition) is 5. The third kappa shape index (κ3) is 6.01. The molecule has 0 saturated carbocycles. The number of aliphatic carboxylic acids is 1. The lowest BCUT2D eigenvalue weighted by atomic mass is 10.2. The Kier molecular flexibility index (Phi) is 7.91. The molecule has 0 atom stereocenters. The molecule has 0 heterocycles. The predicted octanol–water partition coefficient (Wildman–Crippen LogP) is 2.09. The van der Waals surface area contributed by atoms with Gasteiger partial charge in [0.1, 0.15) is 11.6 Å². The largest absolute Gasteiger partial charge is 0.482 e. The molecule has 0 radical (unpaired) electrons. The summed E-state index contributed by atoms with van der Waals surface area (Å²) in [6.07, 6.45) is 0. The van der Waals surface area contributed by atoms with E-state index in [2.05, 4.69) is 5.32 Å². The predicted molar refractivity (Wildman–Crippen MR) is 102 cm³/mol. The smallest absolute Gasteiger partial charge is 0.341 e. The molecule has 0 unspecified atom stereocenters. The molecule has 2 rings (SSSR count). The van der Waals surface area contributed by atoms with E-state index in [0.29, 0.717) is 18.7 Å². The number of halogens is 1. The Morgan fingerprint density at radius 1 is 1.21 bits per heavy atom. The fraction of sp³-hybridized carbons (Fsp3) is 0.316. The van der Waals surface area contributed by atoms with Crippen molar-refractivity contribution in [3.05, 3.63) is 59.9 Å². The SMILES string of the molecule is CCN(CCNCc1cc(F)ccc1OCC(=O)O)S(=O)(=O)c1ccccc1. The van der Waals surface area contributed by atoms with Crippen LogP contribution in [0.3, 0.4) is 0 Å². The highest BCUT2D eigenvalue weighted by molar-refractivity contribution is 7.89. The van der Waals surface area contributed by atoms with E-state index in [-0.39, 0.29) is 23.7 Å². The van der Waals surface area contributed by atoms with Crippen LogP contribution in [0.15, 0.2) is 53.4 Å². The van der Waals surface area contributed by atoms with E-state index in [9.17, 15) is 17.6 Å². The van der Waals surface area contributed by atoms with Gasteiger partial charge in [-0.25, -0.2) is 17.6 Å². The number of sulfonamides is 1. The van der Waals surface area contributed by atoms with Gasteiger partial charge in [-0.15, -0.1) is 0 Å². The molecule has 0 fully saturated rings. The van der Waals surface area contributed by atoms with Crippen LogP contribution in [0.5, 0.6) is 5.75 Å². The number of hydrogen-bond donors (Lipinski definition) is 2. The molecule has 0 aliphatic carbocycles. The van der Waals surface area contributed by atoms with Crippen LogP contribution in [-0.2, 0) is 21.4 Å². The molecule has 0 saturated heterocycles. The van der Waals surface area contributed by atoms with Crippen LogP contribution in [0, 0.1) is 5.82 Å². The van der Waals surface area contributed by atoms with Crippen molar-refractivity contribution in [1.82, 2.24) is 9.62 Å². The first kappa shape index (κ1) is 21.8. The summed E-state index contributed by atoms with van der Waals surface area (Å²) in [6, 6.07) is 12.0. The third-order valence-corrected chi connectivity index (χ3v) is 5.95. The number of ether oxygens (including phenoxy) is 1. The molecule has 2 aromatic carbocycles. The van der Waals surface area contributed by atoms with E-state index in [1.165, 1.54) is 22.5 Å². The second kappa shape index (κ2) is 10.2. The molecule has 0 amide bonds. The Morgan fingerprint density at radius 2 is 1.93 bits per heavy atom. The molecule has 152 valence electrons. The first-order chi connectivity index (χ1) is 13.3. The zero-order chi connectivity index (χ0) is 20.6. The first-order valence-corrected chi connectivity index (χ1v) is 10.2. The number of likely N-dealkylation sites (N-methyl/N-ethyl adjacent to an activating group) is 1. The Bertz CT molecular complexity index is 890. The van der Waals surface area contributed by atoms with Crippen LogP contribution < -0.4 is 10.1 Å². The molecule has 7 nitrogen and oxygen atoms in total. The van der Waals surface area contributed by atoms with Gasteiger partial charge in [-0.2, -0.15) is 4.31 Å². The molecule has 2 aromatic rings. The molecular formula is C19H23FN2O5S. The summed E-state index contributed by atoms with van der Waals surface area (Å²) < 4.78 is 45.3. The van der Waals surface area contributed by atoms with Gasteiger partial charge in [-0.3, -0.25) is 0 Å². The zero-order valence-corrected chi connectivity index (χ0v) is 16.3. The van der Waals surface area contributed by atoms with Crippen LogP contribution in [0.25, 0.3) is 0 Å². The van der Waals surface area contributed by atoms with Crippen molar-refractivity contribution in [2.75, 3.05) is 26.2 Å². The number of benzene rings is 2. The summed E-state index contributed by atoms with van der Waals surface area (Å²) in [7, 11) is -3.59. The number of carboxylic acids is 1. The Labute approximate surface area is 163 Å². The highest BCUT2D eigenvalue weighted by Gasteiger charge is 2.22. The summed E-state index contributed by atoms with van der Waals surface area (Å²) in [5.41, 5.74) is 0.454.